The predicted molar refractivity (Wildman–Crippen MR) is 101 cm³/mol. The third kappa shape index (κ3) is 4.22. The fourth-order valence-electron chi connectivity index (χ4n) is 3.22. The minimum Gasteiger partial charge on any atom is -0.396 e. The van der Waals surface area contributed by atoms with Gasteiger partial charge in [-0.1, -0.05) is 13.8 Å². The lowest BCUT2D eigenvalue weighted by atomic mass is 10.0. The van der Waals surface area contributed by atoms with E-state index in [9.17, 15) is 9.90 Å². The van der Waals surface area contributed by atoms with Crippen LogP contribution in [0.3, 0.4) is 0 Å². The van der Waals surface area contributed by atoms with Gasteiger partial charge < -0.3 is 19.7 Å². The molecule has 5 nitrogen and oxygen atoms in total. The molecule has 0 spiro atoms. The second kappa shape index (κ2) is 8.50. The number of aromatic nitrogens is 1. The molecular formula is C20H30N2O3. The highest BCUT2D eigenvalue weighted by molar-refractivity contribution is 5.99. The number of nitrogens with one attached hydrogen (secondary N) is 1. The Bertz CT molecular complexity index is 734. The molecule has 138 valence electrons. The number of ether oxygens (including phenoxy) is 1. The standard InChI is InChI=1S/C20H30N2O3/c1-13(2)18(8-10-23)21-20(24)16-6-7-19-17(12-16)14(3)15(4)22(19)9-11-25-5/h6-7,12-13,18,23H,8-11H2,1-5H3,(H,21,24). The molecule has 1 aromatic heterocycles. The van der Waals surface area contributed by atoms with Crippen LogP contribution in [-0.4, -0.2) is 41.9 Å². The largest absolute Gasteiger partial charge is 0.396 e. The molecule has 1 unspecified atom stereocenters. The van der Waals surface area contributed by atoms with E-state index in [-0.39, 0.29) is 24.5 Å². The molecule has 0 fully saturated rings. The highest BCUT2D eigenvalue weighted by Gasteiger charge is 2.18. The van der Waals surface area contributed by atoms with Crippen molar-refractivity contribution in [3.05, 3.63) is 35.0 Å². The number of aryl methyl sites for hydroxylation is 1. The maximum Gasteiger partial charge on any atom is 0.251 e. The van der Waals surface area contributed by atoms with E-state index in [1.54, 1.807) is 7.11 Å². The maximum absolute atomic E-state index is 12.6. The lowest BCUT2D eigenvalue weighted by Crippen LogP contribution is -2.39. The zero-order chi connectivity index (χ0) is 18.6. The van der Waals surface area contributed by atoms with Gasteiger partial charge in [-0.05, 0) is 49.9 Å². The van der Waals surface area contributed by atoms with Gasteiger partial charge in [0.1, 0.15) is 0 Å². The number of aliphatic hydroxyl groups excluding tert-OH is 1. The van der Waals surface area contributed by atoms with Gasteiger partial charge in [-0.3, -0.25) is 4.79 Å². The molecule has 0 saturated heterocycles. The van der Waals surface area contributed by atoms with Crippen LogP contribution in [0.2, 0.25) is 0 Å². The molecule has 5 heteroatoms. The number of hydrogen-bond acceptors (Lipinski definition) is 3. The molecule has 1 amide bonds. The number of carbonyl (C=O) groups is 1. The first-order valence-electron chi connectivity index (χ1n) is 8.90. The number of nitrogens with zero attached hydrogens (tertiary/aromatic N) is 1. The summed E-state index contributed by atoms with van der Waals surface area (Å²) in [7, 11) is 1.70. The van der Waals surface area contributed by atoms with Crippen LogP contribution in [0.25, 0.3) is 10.9 Å². The lowest BCUT2D eigenvalue weighted by molar-refractivity contribution is 0.0916. The van der Waals surface area contributed by atoms with Gasteiger partial charge in [0, 0.05) is 48.5 Å². The van der Waals surface area contributed by atoms with Crippen LogP contribution in [-0.2, 0) is 11.3 Å². The average Bonchev–Trinajstić information content (AvgIpc) is 2.83. The molecule has 2 N–H and O–H groups in total. The summed E-state index contributed by atoms with van der Waals surface area (Å²) in [6, 6.07) is 5.82. The summed E-state index contributed by atoms with van der Waals surface area (Å²) < 4.78 is 7.44. The molecule has 0 aliphatic rings. The Hall–Kier alpha value is -1.85. The number of carbonyl (C=O) groups excluding carboxylic acids is 1. The molecule has 0 aliphatic carbocycles. The molecule has 0 radical (unpaired) electrons. The van der Waals surface area contributed by atoms with Crippen molar-refractivity contribution in [2.24, 2.45) is 5.92 Å². The second-order valence-electron chi connectivity index (χ2n) is 6.92. The molecule has 1 heterocycles. The van der Waals surface area contributed by atoms with Crippen LogP contribution in [0, 0.1) is 19.8 Å². The number of amides is 1. The van der Waals surface area contributed by atoms with Gasteiger partial charge in [0.2, 0.25) is 0 Å². The third-order valence-electron chi connectivity index (χ3n) is 4.98. The van der Waals surface area contributed by atoms with E-state index < -0.39 is 0 Å². The zero-order valence-corrected chi connectivity index (χ0v) is 15.9. The fourth-order valence-corrected chi connectivity index (χ4v) is 3.22. The Morgan fingerprint density at radius 2 is 2.04 bits per heavy atom. The SMILES string of the molecule is COCCn1c(C)c(C)c2cc(C(=O)NC(CCO)C(C)C)ccc21. The maximum atomic E-state index is 12.6. The third-order valence-corrected chi connectivity index (χ3v) is 4.98. The number of methoxy groups -OCH3 is 1. The van der Waals surface area contributed by atoms with E-state index in [1.807, 2.05) is 32.0 Å². The topological polar surface area (TPSA) is 63.5 Å². The van der Waals surface area contributed by atoms with Crippen LogP contribution in [0.15, 0.2) is 18.2 Å². The van der Waals surface area contributed by atoms with E-state index in [4.69, 9.17) is 4.74 Å². The molecule has 0 aliphatic heterocycles. The Morgan fingerprint density at radius 1 is 1.32 bits per heavy atom. The number of aliphatic hydroxyl groups is 1. The van der Waals surface area contributed by atoms with Crippen LogP contribution >= 0.6 is 0 Å². The molecule has 2 rings (SSSR count). The number of rotatable bonds is 8. The van der Waals surface area contributed by atoms with Gasteiger partial charge in [-0.15, -0.1) is 0 Å². The number of fused-ring (bicyclic) bond motifs is 1. The number of hydrogen-bond donors (Lipinski definition) is 2. The van der Waals surface area contributed by atoms with Crippen molar-refractivity contribution in [2.75, 3.05) is 20.3 Å². The predicted octanol–water partition coefficient (Wildman–Crippen LogP) is 3.04. The first-order valence-corrected chi connectivity index (χ1v) is 8.90. The van der Waals surface area contributed by atoms with Crippen molar-refractivity contribution in [2.45, 2.75) is 46.7 Å². The minimum atomic E-state index is -0.0873. The van der Waals surface area contributed by atoms with E-state index in [1.165, 1.54) is 11.3 Å². The first kappa shape index (κ1) is 19.5. The molecule has 0 saturated carbocycles. The van der Waals surface area contributed by atoms with Gasteiger partial charge in [-0.2, -0.15) is 0 Å². The highest BCUT2D eigenvalue weighted by atomic mass is 16.5. The van der Waals surface area contributed by atoms with Gasteiger partial charge in [0.15, 0.2) is 0 Å². The van der Waals surface area contributed by atoms with Crippen molar-refractivity contribution >= 4 is 16.8 Å². The first-order chi connectivity index (χ1) is 11.9. The summed E-state index contributed by atoms with van der Waals surface area (Å²) in [5.74, 6) is 0.190. The zero-order valence-electron chi connectivity index (χ0n) is 15.9. The monoisotopic (exact) mass is 346 g/mol. The lowest BCUT2D eigenvalue weighted by Gasteiger charge is -2.21. The van der Waals surface area contributed by atoms with E-state index >= 15 is 0 Å². The van der Waals surface area contributed by atoms with Gasteiger partial charge in [-0.25, -0.2) is 0 Å². The quantitative estimate of drug-likeness (QED) is 0.772. The second-order valence-corrected chi connectivity index (χ2v) is 6.92. The normalized spacial score (nSPS) is 12.8. The van der Waals surface area contributed by atoms with Crippen LogP contribution in [0.4, 0.5) is 0 Å². The summed E-state index contributed by atoms with van der Waals surface area (Å²) in [6.07, 6.45) is 0.567. The Morgan fingerprint density at radius 3 is 2.64 bits per heavy atom. The molecular weight excluding hydrogens is 316 g/mol. The van der Waals surface area contributed by atoms with Gasteiger partial charge >= 0.3 is 0 Å². The van der Waals surface area contributed by atoms with E-state index in [0.29, 0.717) is 18.6 Å². The molecule has 0 bridgehead atoms. The average molecular weight is 346 g/mol. The molecule has 1 atom stereocenters. The summed E-state index contributed by atoms with van der Waals surface area (Å²) in [5, 5.41) is 13.3. The molecule has 2 aromatic rings. The molecule has 25 heavy (non-hydrogen) atoms. The smallest absolute Gasteiger partial charge is 0.251 e. The van der Waals surface area contributed by atoms with Crippen molar-refractivity contribution in [3.8, 4) is 0 Å². The Labute approximate surface area is 150 Å². The van der Waals surface area contributed by atoms with Gasteiger partial charge in [0.05, 0.1) is 6.61 Å². The van der Waals surface area contributed by atoms with Crippen LogP contribution in [0.5, 0.6) is 0 Å². The number of benzene rings is 1. The minimum absolute atomic E-state index is 0.0256. The highest BCUT2D eigenvalue weighted by Crippen LogP contribution is 2.26. The fraction of sp³-hybridized carbons (Fsp3) is 0.550. The Balaban J connectivity index is 2.31. The molecule has 1 aromatic carbocycles. The summed E-state index contributed by atoms with van der Waals surface area (Å²) in [6.45, 7) is 9.81. The van der Waals surface area contributed by atoms with Gasteiger partial charge in [0.25, 0.3) is 5.91 Å². The van der Waals surface area contributed by atoms with Crippen LogP contribution in [0.1, 0.15) is 41.9 Å². The summed E-state index contributed by atoms with van der Waals surface area (Å²) in [4.78, 5) is 12.6. The summed E-state index contributed by atoms with van der Waals surface area (Å²) >= 11 is 0. The van der Waals surface area contributed by atoms with Crippen molar-refractivity contribution in [3.63, 3.8) is 0 Å². The van der Waals surface area contributed by atoms with Crippen molar-refractivity contribution in [1.82, 2.24) is 9.88 Å². The Kier molecular flexibility index (Phi) is 6.62. The van der Waals surface area contributed by atoms with Crippen molar-refractivity contribution in [1.29, 1.82) is 0 Å². The van der Waals surface area contributed by atoms with E-state index in [2.05, 4.69) is 23.7 Å². The van der Waals surface area contributed by atoms with E-state index in [0.717, 1.165) is 17.4 Å². The summed E-state index contributed by atoms with van der Waals surface area (Å²) in [5.41, 5.74) is 4.17. The van der Waals surface area contributed by atoms with Crippen molar-refractivity contribution < 1.29 is 14.6 Å². The van der Waals surface area contributed by atoms with Crippen LogP contribution < -0.4 is 5.32 Å².